The quantitative estimate of drug-likeness (QED) is 0.464. The molecule has 33 heavy (non-hydrogen) atoms. The number of ether oxygens (including phenoxy) is 1. The van der Waals surface area contributed by atoms with E-state index < -0.39 is 11.6 Å². The van der Waals surface area contributed by atoms with Crippen LogP contribution in [0.2, 0.25) is 0 Å². The molecule has 0 saturated carbocycles. The molecular formula is C24H24F2N6O. The first-order valence-electron chi connectivity index (χ1n) is 10.8. The molecular weight excluding hydrogens is 426 g/mol. The van der Waals surface area contributed by atoms with Gasteiger partial charge in [-0.1, -0.05) is 0 Å². The lowest BCUT2D eigenvalue weighted by molar-refractivity contribution is -0.0198. The van der Waals surface area contributed by atoms with Crippen molar-refractivity contribution in [3.8, 4) is 11.3 Å². The van der Waals surface area contributed by atoms with Gasteiger partial charge in [0, 0.05) is 42.5 Å². The second kappa shape index (κ2) is 8.15. The molecule has 0 amide bonds. The largest absolute Gasteiger partial charge is 0.365 e. The minimum absolute atomic E-state index is 0.0937. The number of halogens is 2. The highest BCUT2D eigenvalue weighted by Crippen LogP contribution is 2.33. The van der Waals surface area contributed by atoms with E-state index in [1.54, 1.807) is 6.33 Å². The van der Waals surface area contributed by atoms with Crippen LogP contribution in [-0.2, 0) is 11.8 Å². The first-order chi connectivity index (χ1) is 15.8. The lowest BCUT2D eigenvalue weighted by atomic mass is 10.1. The Balaban J connectivity index is 1.64. The van der Waals surface area contributed by atoms with Crippen molar-refractivity contribution in [3.05, 3.63) is 65.4 Å². The maximum absolute atomic E-state index is 14.8. The van der Waals surface area contributed by atoms with Gasteiger partial charge in [-0.2, -0.15) is 4.98 Å². The summed E-state index contributed by atoms with van der Waals surface area (Å²) in [5, 5.41) is 0.620. The monoisotopic (exact) mass is 450 g/mol. The van der Waals surface area contributed by atoms with Crippen molar-refractivity contribution < 1.29 is 13.5 Å². The summed E-state index contributed by atoms with van der Waals surface area (Å²) in [7, 11) is 1.91. The fourth-order valence-electron chi connectivity index (χ4n) is 4.14. The van der Waals surface area contributed by atoms with Gasteiger partial charge in [0.15, 0.2) is 5.65 Å². The van der Waals surface area contributed by atoms with Gasteiger partial charge in [-0.25, -0.2) is 23.7 Å². The molecule has 1 aliphatic rings. The predicted molar refractivity (Wildman–Crippen MR) is 121 cm³/mol. The minimum Gasteiger partial charge on any atom is -0.365 e. The summed E-state index contributed by atoms with van der Waals surface area (Å²) >= 11 is 0. The number of aromatic nitrogens is 5. The van der Waals surface area contributed by atoms with Crippen LogP contribution in [0.4, 0.5) is 14.7 Å². The first kappa shape index (κ1) is 21.4. The standard InChI is InChI=1S/C24H24F2N6O/c1-13-7-18-22(17-6-5-16(25)8-19(17)26)29-24(30-23(18)28-15(13)3)32-9-14(2)33-21(11-32)20-10-31(4)12-27-20/h5-8,10,12,14,21H,9,11H2,1-4H3/t14-,21+/m0/s1. The van der Waals surface area contributed by atoms with Crippen molar-refractivity contribution in [2.45, 2.75) is 33.0 Å². The van der Waals surface area contributed by atoms with Gasteiger partial charge in [0.05, 0.1) is 30.4 Å². The Kier molecular flexibility index (Phi) is 5.28. The van der Waals surface area contributed by atoms with Crippen LogP contribution < -0.4 is 4.90 Å². The van der Waals surface area contributed by atoms with Gasteiger partial charge < -0.3 is 14.2 Å². The third-order valence-corrected chi connectivity index (χ3v) is 5.90. The summed E-state index contributed by atoms with van der Waals surface area (Å²) in [5.41, 5.74) is 3.66. The van der Waals surface area contributed by atoms with E-state index in [2.05, 4.69) is 9.97 Å². The van der Waals surface area contributed by atoms with E-state index in [-0.39, 0.29) is 17.8 Å². The Hall–Kier alpha value is -3.46. The number of benzene rings is 1. The fourth-order valence-corrected chi connectivity index (χ4v) is 4.14. The zero-order valence-electron chi connectivity index (χ0n) is 18.9. The summed E-state index contributed by atoms with van der Waals surface area (Å²) in [5.74, 6) is -0.894. The lowest BCUT2D eigenvalue weighted by Crippen LogP contribution is -2.43. The van der Waals surface area contributed by atoms with E-state index in [0.29, 0.717) is 35.8 Å². The number of imidazole rings is 1. The molecule has 2 atom stereocenters. The summed E-state index contributed by atoms with van der Waals surface area (Å²) in [4.78, 5) is 20.6. The van der Waals surface area contributed by atoms with E-state index in [1.165, 1.54) is 12.1 Å². The van der Waals surface area contributed by atoms with Crippen LogP contribution in [0.15, 0.2) is 36.8 Å². The molecule has 4 heterocycles. The van der Waals surface area contributed by atoms with Gasteiger partial charge in [-0.05, 0) is 44.5 Å². The molecule has 3 aromatic heterocycles. The summed E-state index contributed by atoms with van der Waals surface area (Å²) in [6, 6.07) is 5.40. The van der Waals surface area contributed by atoms with E-state index >= 15 is 0 Å². The summed E-state index contributed by atoms with van der Waals surface area (Å²) < 4.78 is 36.4. The second-order valence-electron chi connectivity index (χ2n) is 8.56. The maximum atomic E-state index is 14.8. The minimum atomic E-state index is -0.680. The first-order valence-corrected chi connectivity index (χ1v) is 10.8. The van der Waals surface area contributed by atoms with Gasteiger partial charge in [0.25, 0.3) is 0 Å². The van der Waals surface area contributed by atoms with Gasteiger partial charge in [0.1, 0.15) is 17.7 Å². The molecule has 0 radical (unpaired) electrons. The van der Waals surface area contributed by atoms with Gasteiger partial charge >= 0.3 is 0 Å². The molecule has 5 rings (SSSR count). The number of hydrogen-bond donors (Lipinski definition) is 0. The lowest BCUT2D eigenvalue weighted by Gasteiger charge is -2.36. The van der Waals surface area contributed by atoms with Crippen LogP contribution in [0.25, 0.3) is 22.3 Å². The number of aryl methyl sites for hydroxylation is 3. The molecule has 1 fully saturated rings. The molecule has 7 nitrogen and oxygen atoms in total. The molecule has 0 N–H and O–H groups in total. The molecule has 9 heteroatoms. The number of rotatable bonds is 3. The highest BCUT2D eigenvalue weighted by molar-refractivity contribution is 5.92. The highest BCUT2D eigenvalue weighted by Gasteiger charge is 2.30. The zero-order valence-corrected chi connectivity index (χ0v) is 18.9. The Morgan fingerprint density at radius 1 is 1.06 bits per heavy atom. The number of anilines is 1. The number of fused-ring (bicyclic) bond motifs is 1. The highest BCUT2D eigenvalue weighted by atomic mass is 19.1. The molecule has 1 aromatic carbocycles. The Labute approximate surface area is 190 Å². The zero-order chi connectivity index (χ0) is 23.3. The van der Waals surface area contributed by atoms with Gasteiger partial charge in [-0.15, -0.1) is 0 Å². The SMILES string of the molecule is Cc1cc2c(-c3ccc(F)cc3F)nc(N3C[C@H](C)O[C@@H](c4cn(C)cn4)C3)nc2nc1C. The molecule has 0 spiro atoms. The van der Waals surface area contributed by atoms with Crippen molar-refractivity contribution in [2.24, 2.45) is 7.05 Å². The van der Waals surface area contributed by atoms with Crippen molar-refractivity contribution in [2.75, 3.05) is 18.0 Å². The predicted octanol–water partition coefficient (Wildman–Crippen LogP) is 4.29. The fraction of sp³-hybridized carbons (Fsp3) is 0.333. The molecule has 0 unspecified atom stereocenters. The van der Waals surface area contributed by atoms with Gasteiger partial charge in [-0.3, -0.25) is 0 Å². The molecule has 0 bridgehead atoms. The normalized spacial score (nSPS) is 18.8. The third-order valence-electron chi connectivity index (χ3n) is 5.90. The number of nitrogens with zero attached hydrogens (tertiary/aromatic N) is 6. The third kappa shape index (κ3) is 4.04. The molecule has 0 aliphatic carbocycles. The van der Waals surface area contributed by atoms with E-state index in [0.717, 1.165) is 23.0 Å². The number of hydrogen-bond acceptors (Lipinski definition) is 6. The molecule has 170 valence electrons. The second-order valence-corrected chi connectivity index (χ2v) is 8.56. The van der Waals surface area contributed by atoms with Crippen molar-refractivity contribution in [3.63, 3.8) is 0 Å². The average molecular weight is 450 g/mol. The van der Waals surface area contributed by atoms with Crippen molar-refractivity contribution in [1.82, 2.24) is 24.5 Å². The van der Waals surface area contributed by atoms with Crippen molar-refractivity contribution in [1.29, 1.82) is 0 Å². The van der Waals surface area contributed by atoms with Crippen LogP contribution in [0.1, 0.15) is 30.0 Å². The number of pyridine rings is 1. The van der Waals surface area contributed by atoms with Crippen LogP contribution >= 0.6 is 0 Å². The average Bonchev–Trinajstić information content (AvgIpc) is 3.20. The van der Waals surface area contributed by atoms with Crippen LogP contribution in [-0.4, -0.2) is 43.7 Å². The number of morpholine rings is 1. The van der Waals surface area contributed by atoms with Gasteiger partial charge in [0.2, 0.25) is 5.95 Å². The topological polar surface area (TPSA) is 69.0 Å². The van der Waals surface area contributed by atoms with Crippen molar-refractivity contribution >= 4 is 17.0 Å². The van der Waals surface area contributed by atoms with Crippen LogP contribution in [0.5, 0.6) is 0 Å². The molecule has 1 saturated heterocycles. The Morgan fingerprint density at radius 2 is 1.88 bits per heavy atom. The Morgan fingerprint density at radius 3 is 2.61 bits per heavy atom. The Bertz CT molecular complexity index is 1350. The smallest absolute Gasteiger partial charge is 0.228 e. The summed E-state index contributed by atoms with van der Waals surface area (Å²) in [6.45, 7) is 6.87. The summed E-state index contributed by atoms with van der Waals surface area (Å²) in [6.07, 6.45) is 3.31. The van der Waals surface area contributed by atoms with Crippen LogP contribution in [0, 0.1) is 25.5 Å². The molecule has 1 aliphatic heterocycles. The van der Waals surface area contributed by atoms with E-state index in [9.17, 15) is 8.78 Å². The maximum Gasteiger partial charge on any atom is 0.228 e. The molecule has 4 aromatic rings. The van der Waals surface area contributed by atoms with E-state index in [1.807, 2.05) is 49.5 Å². The van der Waals surface area contributed by atoms with Crippen LogP contribution in [0.3, 0.4) is 0 Å². The van der Waals surface area contributed by atoms with E-state index in [4.69, 9.17) is 14.7 Å².